The standard InChI is InChI=1S/C17H13FN2O/c18-15-8-6-12(7-9-15)10-14-11-16(19-20-17(14)21)13-4-2-1-3-5-13/h1-9,11H,10H2,(H,20,21). The third-order valence-corrected chi connectivity index (χ3v) is 3.26. The Balaban J connectivity index is 1.95. The molecule has 0 radical (unpaired) electrons. The normalized spacial score (nSPS) is 10.5. The molecule has 104 valence electrons. The molecule has 0 fully saturated rings. The number of halogens is 1. The van der Waals surface area contributed by atoms with E-state index in [1.807, 2.05) is 30.3 Å². The van der Waals surface area contributed by atoms with E-state index in [1.165, 1.54) is 12.1 Å². The molecule has 3 rings (SSSR count). The summed E-state index contributed by atoms with van der Waals surface area (Å²) in [6.45, 7) is 0. The van der Waals surface area contributed by atoms with Crippen molar-refractivity contribution in [1.82, 2.24) is 10.2 Å². The van der Waals surface area contributed by atoms with E-state index in [2.05, 4.69) is 10.2 Å². The van der Waals surface area contributed by atoms with Gasteiger partial charge in [-0.25, -0.2) is 9.49 Å². The van der Waals surface area contributed by atoms with Gasteiger partial charge in [0.15, 0.2) is 0 Å². The van der Waals surface area contributed by atoms with E-state index < -0.39 is 0 Å². The van der Waals surface area contributed by atoms with E-state index in [0.717, 1.165) is 11.1 Å². The second-order valence-electron chi connectivity index (χ2n) is 4.78. The minimum atomic E-state index is -0.285. The van der Waals surface area contributed by atoms with Crippen LogP contribution in [0.15, 0.2) is 65.5 Å². The molecule has 0 atom stereocenters. The van der Waals surface area contributed by atoms with Gasteiger partial charge in [0.1, 0.15) is 5.82 Å². The first-order chi connectivity index (χ1) is 10.2. The molecular weight excluding hydrogens is 267 g/mol. The number of hydrogen-bond acceptors (Lipinski definition) is 2. The van der Waals surface area contributed by atoms with Crippen molar-refractivity contribution in [2.45, 2.75) is 6.42 Å². The van der Waals surface area contributed by atoms with Crippen LogP contribution in [0.5, 0.6) is 0 Å². The van der Waals surface area contributed by atoms with Gasteiger partial charge in [0.25, 0.3) is 5.56 Å². The molecule has 0 bridgehead atoms. The highest BCUT2D eigenvalue weighted by Gasteiger charge is 2.06. The number of H-pyrrole nitrogens is 1. The van der Waals surface area contributed by atoms with Crippen molar-refractivity contribution in [2.24, 2.45) is 0 Å². The summed E-state index contributed by atoms with van der Waals surface area (Å²) in [6.07, 6.45) is 0.442. The molecule has 1 aromatic heterocycles. The summed E-state index contributed by atoms with van der Waals surface area (Å²) in [6, 6.07) is 17.5. The fourth-order valence-electron chi connectivity index (χ4n) is 2.16. The quantitative estimate of drug-likeness (QED) is 0.801. The average molecular weight is 280 g/mol. The van der Waals surface area contributed by atoms with E-state index in [0.29, 0.717) is 17.7 Å². The van der Waals surface area contributed by atoms with Crippen molar-refractivity contribution < 1.29 is 4.39 Å². The second-order valence-corrected chi connectivity index (χ2v) is 4.78. The van der Waals surface area contributed by atoms with Crippen LogP contribution in [0.3, 0.4) is 0 Å². The number of aromatic nitrogens is 2. The van der Waals surface area contributed by atoms with Crippen LogP contribution in [0.2, 0.25) is 0 Å². The Kier molecular flexibility index (Phi) is 3.60. The third-order valence-electron chi connectivity index (χ3n) is 3.26. The Labute approximate surface area is 121 Å². The van der Waals surface area contributed by atoms with E-state index in [1.54, 1.807) is 18.2 Å². The molecule has 0 spiro atoms. The smallest absolute Gasteiger partial charge is 0.267 e. The Bertz CT molecular complexity index is 795. The average Bonchev–Trinajstić information content (AvgIpc) is 2.52. The highest BCUT2D eigenvalue weighted by atomic mass is 19.1. The lowest BCUT2D eigenvalue weighted by Crippen LogP contribution is -2.15. The van der Waals surface area contributed by atoms with E-state index >= 15 is 0 Å². The molecule has 2 aromatic carbocycles. The van der Waals surface area contributed by atoms with Crippen LogP contribution >= 0.6 is 0 Å². The fraction of sp³-hybridized carbons (Fsp3) is 0.0588. The summed E-state index contributed by atoms with van der Waals surface area (Å²) in [4.78, 5) is 11.9. The maximum Gasteiger partial charge on any atom is 0.267 e. The minimum Gasteiger partial charge on any atom is -0.268 e. The van der Waals surface area contributed by atoms with Crippen molar-refractivity contribution >= 4 is 0 Å². The Morgan fingerprint density at radius 2 is 1.71 bits per heavy atom. The van der Waals surface area contributed by atoms with Gasteiger partial charge in [-0.1, -0.05) is 42.5 Å². The van der Waals surface area contributed by atoms with Gasteiger partial charge in [-0.15, -0.1) is 0 Å². The van der Waals surface area contributed by atoms with Crippen molar-refractivity contribution in [2.75, 3.05) is 0 Å². The predicted octanol–water partition coefficient (Wildman–Crippen LogP) is 3.17. The van der Waals surface area contributed by atoms with Gasteiger partial charge in [0, 0.05) is 17.5 Å². The van der Waals surface area contributed by atoms with Crippen molar-refractivity contribution in [3.63, 3.8) is 0 Å². The molecule has 0 aliphatic heterocycles. The van der Waals surface area contributed by atoms with Gasteiger partial charge in [-0.3, -0.25) is 4.79 Å². The molecule has 1 heterocycles. The first-order valence-corrected chi connectivity index (χ1v) is 6.61. The SMILES string of the molecule is O=c1[nH]nc(-c2ccccc2)cc1Cc1ccc(F)cc1. The molecule has 21 heavy (non-hydrogen) atoms. The zero-order chi connectivity index (χ0) is 14.7. The second kappa shape index (κ2) is 5.71. The fourth-order valence-corrected chi connectivity index (χ4v) is 2.16. The summed E-state index contributed by atoms with van der Waals surface area (Å²) in [5.41, 5.74) is 2.92. The van der Waals surface area contributed by atoms with Crippen molar-refractivity contribution in [1.29, 1.82) is 0 Å². The van der Waals surface area contributed by atoms with E-state index in [9.17, 15) is 9.18 Å². The van der Waals surface area contributed by atoms with Crippen LogP contribution in [0.1, 0.15) is 11.1 Å². The van der Waals surface area contributed by atoms with Gasteiger partial charge < -0.3 is 0 Å². The van der Waals surface area contributed by atoms with Gasteiger partial charge in [-0.05, 0) is 23.8 Å². The number of rotatable bonds is 3. The molecule has 0 aliphatic rings. The first kappa shape index (κ1) is 13.2. The molecule has 0 amide bonds. The van der Waals surface area contributed by atoms with Crippen LogP contribution in [-0.4, -0.2) is 10.2 Å². The molecule has 0 saturated heterocycles. The molecule has 4 heteroatoms. The zero-order valence-electron chi connectivity index (χ0n) is 11.2. The van der Waals surface area contributed by atoms with Gasteiger partial charge in [0.05, 0.1) is 5.69 Å². The molecule has 3 nitrogen and oxygen atoms in total. The van der Waals surface area contributed by atoms with Crippen molar-refractivity contribution in [3.8, 4) is 11.3 Å². The van der Waals surface area contributed by atoms with Gasteiger partial charge in [-0.2, -0.15) is 5.10 Å². The molecule has 1 N–H and O–H groups in total. The molecule has 0 saturated carbocycles. The number of nitrogens with one attached hydrogen (secondary N) is 1. The lowest BCUT2D eigenvalue weighted by molar-refractivity contribution is 0.627. The lowest BCUT2D eigenvalue weighted by Gasteiger charge is -2.04. The number of aromatic amines is 1. The number of nitrogens with zero attached hydrogens (tertiary/aromatic N) is 1. The van der Waals surface area contributed by atoms with Crippen molar-refractivity contribution in [3.05, 3.63) is 88.0 Å². The topological polar surface area (TPSA) is 45.8 Å². The maximum absolute atomic E-state index is 12.9. The molecule has 0 unspecified atom stereocenters. The predicted molar refractivity (Wildman–Crippen MR) is 79.5 cm³/mol. The summed E-state index contributed by atoms with van der Waals surface area (Å²) in [7, 11) is 0. The lowest BCUT2D eigenvalue weighted by atomic mass is 10.0. The number of hydrogen-bond donors (Lipinski definition) is 1. The summed E-state index contributed by atoms with van der Waals surface area (Å²) in [5.74, 6) is -0.285. The first-order valence-electron chi connectivity index (χ1n) is 6.61. The van der Waals surface area contributed by atoms with Gasteiger partial charge >= 0.3 is 0 Å². The molecular formula is C17H13FN2O. The monoisotopic (exact) mass is 280 g/mol. The van der Waals surface area contributed by atoms with E-state index in [-0.39, 0.29) is 11.4 Å². The number of benzene rings is 2. The van der Waals surface area contributed by atoms with Gasteiger partial charge in [0.2, 0.25) is 0 Å². The summed E-state index contributed by atoms with van der Waals surface area (Å²) in [5, 5.41) is 6.59. The van der Waals surface area contributed by atoms with E-state index in [4.69, 9.17) is 0 Å². The van der Waals surface area contributed by atoms with Crippen LogP contribution in [0, 0.1) is 5.82 Å². The third kappa shape index (κ3) is 3.05. The Hall–Kier alpha value is -2.75. The molecule has 3 aromatic rings. The van der Waals surface area contributed by atoms with Crippen LogP contribution in [0.25, 0.3) is 11.3 Å². The zero-order valence-corrected chi connectivity index (χ0v) is 11.2. The summed E-state index contributed by atoms with van der Waals surface area (Å²) < 4.78 is 12.9. The van der Waals surface area contributed by atoms with Crippen LogP contribution < -0.4 is 5.56 Å². The Morgan fingerprint density at radius 3 is 2.43 bits per heavy atom. The summed E-state index contributed by atoms with van der Waals surface area (Å²) >= 11 is 0. The minimum absolute atomic E-state index is 0.223. The largest absolute Gasteiger partial charge is 0.268 e. The van der Waals surface area contributed by atoms with Crippen LogP contribution in [0.4, 0.5) is 4.39 Å². The highest BCUT2D eigenvalue weighted by Crippen LogP contribution is 2.16. The van der Waals surface area contributed by atoms with Crippen LogP contribution in [-0.2, 0) is 6.42 Å². The highest BCUT2D eigenvalue weighted by molar-refractivity contribution is 5.58. The maximum atomic E-state index is 12.9. The Morgan fingerprint density at radius 1 is 1.00 bits per heavy atom. The molecule has 0 aliphatic carbocycles.